The number of rotatable bonds is 4. The standard InChI is InChI=1S/C13H22O6Si/c1-13(2)17-6-8(19-13)10-11(9(14)12(15)18-10)16-7-20(3,4)5/h8,10-11H,6-7H2,1-5H3. The summed E-state index contributed by atoms with van der Waals surface area (Å²) in [5, 5.41) is 0. The Kier molecular flexibility index (Phi) is 4.07. The van der Waals surface area contributed by atoms with Gasteiger partial charge in [0.25, 0.3) is 5.78 Å². The third kappa shape index (κ3) is 3.46. The summed E-state index contributed by atoms with van der Waals surface area (Å²) in [5.74, 6) is -2.20. The van der Waals surface area contributed by atoms with Crippen LogP contribution in [0.15, 0.2) is 0 Å². The van der Waals surface area contributed by atoms with E-state index >= 15 is 0 Å². The van der Waals surface area contributed by atoms with Gasteiger partial charge in [-0.15, -0.1) is 0 Å². The minimum Gasteiger partial charge on any atom is -0.450 e. The zero-order valence-electron chi connectivity index (χ0n) is 12.6. The van der Waals surface area contributed by atoms with Gasteiger partial charge < -0.3 is 18.9 Å². The number of cyclic esters (lactones) is 1. The van der Waals surface area contributed by atoms with Crippen molar-refractivity contribution in [3.05, 3.63) is 0 Å². The molecule has 2 aliphatic heterocycles. The third-order valence-electron chi connectivity index (χ3n) is 3.09. The number of carbonyl (C=O) groups is 2. The lowest BCUT2D eigenvalue weighted by molar-refractivity contribution is -0.167. The Morgan fingerprint density at radius 3 is 2.45 bits per heavy atom. The fourth-order valence-corrected chi connectivity index (χ4v) is 2.85. The molecule has 0 aromatic heterocycles. The Labute approximate surface area is 119 Å². The molecule has 0 aromatic rings. The highest BCUT2D eigenvalue weighted by atomic mass is 28.3. The van der Waals surface area contributed by atoms with Crippen molar-refractivity contribution in [1.82, 2.24) is 0 Å². The molecular formula is C13H22O6Si. The smallest absolute Gasteiger partial charge is 0.378 e. The largest absolute Gasteiger partial charge is 0.450 e. The molecule has 2 saturated heterocycles. The topological polar surface area (TPSA) is 71.1 Å². The molecule has 0 bridgehead atoms. The molecule has 0 amide bonds. The summed E-state index contributed by atoms with van der Waals surface area (Å²) in [4.78, 5) is 23.4. The molecule has 7 heteroatoms. The van der Waals surface area contributed by atoms with Crippen molar-refractivity contribution in [2.45, 2.75) is 57.6 Å². The molecule has 0 N–H and O–H groups in total. The van der Waals surface area contributed by atoms with Crippen LogP contribution in [0.2, 0.25) is 19.6 Å². The van der Waals surface area contributed by atoms with Crippen molar-refractivity contribution in [3.8, 4) is 0 Å². The predicted molar refractivity (Wildman–Crippen MR) is 72.9 cm³/mol. The SMILES string of the molecule is CC1(C)OCC(C2OC(=O)C(=O)C2OC[Si](C)(C)C)O1. The van der Waals surface area contributed by atoms with Crippen molar-refractivity contribution in [3.63, 3.8) is 0 Å². The van der Waals surface area contributed by atoms with E-state index in [1.807, 2.05) is 0 Å². The van der Waals surface area contributed by atoms with Crippen LogP contribution in [0.3, 0.4) is 0 Å². The Hall–Kier alpha value is -0.763. The number of hydrogen-bond donors (Lipinski definition) is 0. The van der Waals surface area contributed by atoms with Crippen molar-refractivity contribution < 1.29 is 28.5 Å². The Morgan fingerprint density at radius 1 is 1.30 bits per heavy atom. The Balaban J connectivity index is 2.06. The van der Waals surface area contributed by atoms with E-state index in [1.54, 1.807) is 13.8 Å². The molecule has 0 saturated carbocycles. The highest BCUT2D eigenvalue weighted by Gasteiger charge is 2.52. The van der Waals surface area contributed by atoms with Crippen LogP contribution in [0.4, 0.5) is 0 Å². The number of esters is 1. The van der Waals surface area contributed by atoms with Gasteiger partial charge in [0, 0.05) is 6.23 Å². The Morgan fingerprint density at radius 2 is 1.95 bits per heavy atom. The van der Waals surface area contributed by atoms with Gasteiger partial charge in [0.05, 0.1) is 14.7 Å². The fraction of sp³-hybridized carbons (Fsp3) is 0.846. The first-order chi connectivity index (χ1) is 9.09. The van der Waals surface area contributed by atoms with E-state index in [4.69, 9.17) is 18.9 Å². The van der Waals surface area contributed by atoms with Gasteiger partial charge in [-0.2, -0.15) is 0 Å². The maximum atomic E-state index is 11.9. The van der Waals surface area contributed by atoms with Gasteiger partial charge in [0.15, 0.2) is 18.0 Å². The first-order valence-corrected chi connectivity index (χ1v) is 10.5. The molecule has 0 spiro atoms. The normalized spacial score (nSPS) is 33.5. The van der Waals surface area contributed by atoms with E-state index < -0.39 is 43.9 Å². The van der Waals surface area contributed by atoms with Crippen molar-refractivity contribution in [2.24, 2.45) is 0 Å². The first kappa shape index (κ1) is 15.6. The van der Waals surface area contributed by atoms with E-state index in [0.29, 0.717) is 6.23 Å². The molecule has 2 fully saturated rings. The van der Waals surface area contributed by atoms with E-state index in [1.165, 1.54) is 0 Å². The molecular weight excluding hydrogens is 280 g/mol. The average molecular weight is 302 g/mol. The summed E-state index contributed by atoms with van der Waals surface area (Å²) in [6.07, 6.45) is -1.56. The van der Waals surface area contributed by atoms with Crippen LogP contribution in [0, 0.1) is 0 Å². The van der Waals surface area contributed by atoms with Crippen molar-refractivity contribution in [2.75, 3.05) is 12.8 Å². The van der Waals surface area contributed by atoms with Gasteiger partial charge in [-0.1, -0.05) is 19.6 Å². The summed E-state index contributed by atoms with van der Waals surface area (Å²) in [6, 6.07) is 0. The molecule has 2 aliphatic rings. The second-order valence-corrected chi connectivity index (χ2v) is 12.3. The van der Waals surface area contributed by atoms with E-state index in [0.717, 1.165) is 0 Å². The van der Waals surface area contributed by atoms with Crippen LogP contribution in [-0.4, -0.2) is 56.8 Å². The van der Waals surface area contributed by atoms with Gasteiger partial charge in [-0.25, -0.2) is 4.79 Å². The average Bonchev–Trinajstić information content (AvgIpc) is 2.78. The predicted octanol–water partition coefficient (Wildman–Crippen LogP) is 0.895. The molecule has 2 rings (SSSR count). The summed E-state index contributed by atoms with van der Waals surface area (Å²) >= 11 is 0. The van der Waals surface area contributed by atoms with Gasteiger partial charge in [0.2, 0.25) is 0 Å². The maximum Gasteiger partial charge on any atom is 0.378 e. The summed E-state index contributed by atoms with van der Waals surface area (Å²) in [5.41, 5.74) is 0. The summed E-state index contributed by atoms with van der Waals surface area (Å²) in [7, 11) is -1.49. The van der Waals surface area contributed by atoms with E-state index in [-0.39, 0.29) is 6.61 Å². The minimum absolute atomic E-state index is 0.283. The molecule has 2 heterocycles. The summed E-state index contributed by atoms with van der Waals surface area (Å²) < 4.78 is 21.9. The number of Topliss-reactive ketones (excluding diaryl/α,β-unsaturated/α-hetero) is 1. The van der Waals surface area contributed by atoms with Crippen LogP contribution >= 0.6 is 0 Å². The summed E-state index contributed by atoms with van der Waals surface area (Å²) in [6.45, 7) is 10.2. The zero-order valence-corrected chi connectivity index (χ0v) is 13.6. The number of hydrogen-bond acceptors (Lipinski definition) is 6. The van der Waals surface area contributed by atoms with Crippen LogP contribution in [0.5, 0.6) is 0 Å². The van der Waals surface area contributed by atoms with Gasteiger partial charge in [0.1, 0.15) is 6.10 Å². The fourth-order valence-electron chi connectivity index (χ4n) is 2.17. The third-order valence-corrected chi connectivity index (χ3v) is 4.13. The maximum absolute atomic E-state index is 11.9. The number of ether oxygens (including phenoxy) is 4. The monoisotopic (exact) mass is 302 g/mol. The molecule has 3 atom stereocenters. The van der Waals surface area contributed by atoms with E-state index in [2.05, 4.69) is 19.6 Å². The van der Waals surface area contributed by atoms with Gasteiger partial charge in [-0.3, -0.25) is 4.79 Å². The Bertz CT molecular complexity index is 414. The second-order valence-electron chi connectivity index (χ2n) is 6.89. The van der Waals surface area contributed by atoms with Crippen LogP contribution in [0.1, 0.15) is 13.8 Å². The lowest BCUT2D eigenvalue weighted by Gasteiger charge is -2.25. The lowest BCUT2D eigenvalue weighted by atomic mass is 10.1. The molecule has 114 valence electrons. The number of ketones is 1. The quantitative estimate of drug-likeness (QED) is 0.436. The molecule has 20 heavy (non-hydrogen) atoms. The minimum atomic E-state index is -1.49. The second kappa shape index (κ2) is 5.21. The number of carbonyl (C=O) groups excluding carboxylic acids is 2. The highest BCUT2D eigenvalue weighted by molar-refractivity contribution is 6.76. The first-order valence-electron chi connectivity index (χ1n) is 6.77. The van der Waals surface area contributed by atoms with Gasteiger partial charge >= 0.3 is 5.97 Å². The van der Waals surface area contributed by atoms with E-state index in [9.17, 15) is 9.59 Å². The van der Waals surface area contributed by atoms with Crippen molar-refractivity contribution in [1.29, 1.82) is 0 Å². The van der Waals surface area contributed by atoms with Crippen LogP contribution in [-0.2, 0) is 28.5 Å². The zero-order chi connectivity index (χ0) is 15.1. The van der Waals surface area contributed by atoms with Crippen molar-refractivity contribution >= 4 is 19.8 Å². The molecule has 6 nitrogen and oxygen atoms in total. The lowest BCUT2D eigenvalue weighted by Crippen LogP contribution is -2.43. The molecule has 3 unspecified atom stereocenters. The van der Waals surface area contributed by atoms with Crippen LogP contribution < -0.4 is 0 Å². The van der Waals surface area contributed by atoms with Crippen LogP contribution in [0.25, 0.3) is 0 Å². The molecule has 0 radical (unpaired) electrons. The van der Waals surface area contributed by atoms with Gasteiger partial charge in [-0.05, 0) is 13.8 Å². The highest BCUT2D eigenvalue weighted by Crippen LogP contribution is 2.30. The molecule has 0 aromatic carbocycles. The molecule has 0 aliphatic carbocycles.